The van der Waals surface area contributed by atoms with E-state index in [-0.39, 0.29) is 29.3 Å². The maximum absolute atomic E-state index is 13.0. The molecule has 1 aromatic rings. The van der Waals surface area contributed by atoms with E-state index < -0.39 is 5.41 Å². The van der Waals surface area contributed by atoms with Crippen LogP contribution in [0.4, 0.5) is 4.39 Å². The number of imide groups is 1. The lowest BCUT2D eigenvalue weighted by molar-refractivity contribution is -0.141. The van der Waals surface area contributed by atoms with Gasteiger partial charge in [-0.05, 0) is 69.6 Å². The summed E-state index contributed by atoms with van der Waals surface area (Å²) in [6.45, 7) is 4.45. The van der Waals surface area contributed by atoms with Crippen molar-refractivity contribution in [2.24, 2.45) is 11.3 Å². The molecular weight excluding hydrogens is 371 g/mol. The second-order valence-electron chi connectivity index (χ2n) is 8.43. The summed E-state index contributed by atoms with van der Waals surface area (Å²) in [5.74, 6) is -0.512. The summed E-state index contributed by atoms with van der Waals surface area (Å²) in [5, 5.41) is 0. The first kappa shape index (κ1) is 21.6. The molecule has 2 aliphatic heterocycles. The molecule has 6 heteroatoms. The molecule has 1 unspecified atom stereocenters. The third kappa shape index (κ3) is 4.42. The number of hydrogen-bond acceptors (Lipinski definition) is 4. The van der Waals surface area contributed by atoms with Crippen molar-refractivity contribution in [3.05, 3.63) is 35.6 Å². The molecule has 0 aromatic heterocycles. The van der Waals surface area contributed by atoms with Gasteiger partial charge in [0.15, 0.2) is 5.78 Å². The number of amides is 2. The average Bonchev–Trinajstić information content (AvgIpc) is 2.89. The van der Waals surface area contributed by atoms with Gasteiger partial charge < -0.3 is 4.90 Å². The van der Waals surface area contributed by atoms with Gasteiger partial charge in [-0.2, -0.15) is 0 Å². The van der Waals surface area contributed by atoms with E-state index in [1.807, 2.05) is 0 Å². The first-order valence-corrected chi connectivity index (χ1v) is 10.7. The van der Waals surface area contributed by atoms with Crippen molar-refractivity contribution >= 4 is 17.6 Å². The Bertz CT molecular complexity index is 754. The molecule has 5 nitrogen and oxygen atoms in total. The van der Waals surface area contributed by atoms with Crippen LogP contribution < -0.4 is 0 Å². The molecule has 158 valence electrons. The SMILES string of the molecule is CCCCC1C(=O)N(C)C(=O)C12CCN(CCCC(=O)c1ccc(F)cc1)CC2. The topological polar surface area (TPSA) is 57.7 Å². The zero-order chi connectivity index (χ0) is 21.0. The number of Topliss-reactive ketones (excluding diaryl/α,β-unsaturated/α-hetero) is 1. The minimum atomic E-state index is -0.526. The van der Waals surface area contributed by atoms with Crippen LogP contribution in [0.5, 0.6) is 0 Å². The highest BCUT2D eigenvalue weighted by molar-refractivity contribution is 6.07. The fourth-order valence-corrected chi connectivity index (χ4v) is 4.84. The van der Waals surface area contributed by atoms with Crippen molar-refractivity contribution in [2.75, 3.05) is 26.7 Å². The van der Waals surface area contributed by atoms with Crippen molar-refractivity contribution in [1.82, 2.24) is 9.80 Å². The van der Waals surface area contributed by atoms with Crippen LogP contribution in [0.15, 0.2) is 24.3 Å². The quantitative estimate of drug-likeness (QED) is 0.492. The number of carbonyl (C=O) groups excluding carboxylic acids is 3. The first-order valence-electron chi connectivity index (χ1n) is 10.7. The molecule has 2 amide bonds. The molecule has 1 atom stereocenters. The van der Waals surface area contributed by atoms with Crippen molar-refractivity contribution in [1.29, 1.82) is 0 Å². The van der Waals surface area contributed by atoms with E-state index >= 15 is 0 Å². The Morgan fingerprint density at radius 3 is 2.41 bits per heavy atom. The maximum atomic E-state index is 13.0. The zero-order valence-corrected chi connectivity index (χ0v) is 17.5. The molecule has 2 fully saturated rings. The van der Waals surface area contributed by atoms with Gasteiger partial charge in [-0.3, -0.25) is 19.3 Å². The van der Waals surface area contributed by atoms with Gasteiger partial charge in [-0.15, -0.1) is 0 Å². The van der Waals surface area contributed by atoms with Crippen LogP contribution in [-0.4, -0.2) is 54.1 Å². The largest absolute Gasteiger partial charge is 0.303 e. The van der Waals surface area contributed by atoms with Crippen molar-refractivity contribution in [3.63, 3.8) is 0 Å². The second kappa shape index (κ2) is 9.16. The number of unbranched alkanes of at least 4 members (excludes halogenated alkanes) is 1. The molecule has 0 aliphatic carbocycles. The summed E-state index contributed by atoms with van der Waals surface area (Å²) < 4.78 is 13.0. The lowest BCUT2D eigenvalue weighted by Gasteiger charge is -2.40. The van der Waals surface area contributed by atoms with Crippen molar-refractivity contribution in [2.45, 2.75) is 51.9 Å². The summed E-state index contributed by atoms with van der Waals surface area (Å²) in [7, 11) is 1.62. The molecule has 0 saturated carbocycles. The maximum Gasteiger partial charge on any atom is 0.236 e. The number of hydrogen-bond donors (Lipinski definition) is 0. The summed E-state index contributed by atoms with van der Waals surface area (Å²) in [5.41, 5.74) is 0.0161. The molecule has 2 saturated heterocycles. The smallest absolute Gasteiger partial charge is 0.236 e. The van der Waals surface area contributed by atoms with Gasteiger partial charge in [0.2, 0.25) is 11.8 Å². The second-order valence-corrected chi connectivity index (χ2v) is 8.43. The molecule has 29 heavy (non-hydrogen) atoms. The van der Waals surface area contributed by atoms with Gasteiger partial charge in [0.25, 0.3) is 0 Å². The van der Waals surface area contributed by atoms with E-state index in [1.165, 1.54) is 29.2 Å². The Labute approximate surface area is 172 Å². The standard InChI is InChI=1S/C23H31FN2O3/c1-3-4-6-19-21(28)25(2)22(29)23(19)12-15-26(16-13-23)14-5-7-20(27)17-8-10-18(24)11-9-17/h8-11,19H,3-7,12-16H2,1-2H3. The number of rotatable bonds is 8. The fraction of sp³-hybridized carbons (Fsp3) is 0.609. The minimum Gasteiger partial charge on any atom is -0.303 e. The van der Waals surface area contributed by atoms with Gasteiger partial charge in [-0.25, -0.2) is 4.39 Å². The van der Waals surface area contributed by atoms with Crippen LogP contribution in [0, 0.1) is 17.2 Å². The van der Waals surface area contributed by atoms with Gasteiger partial charge in [0.05, 0.1) is 11.3 Å². The average molecular weight is 403 g/mol. The molecule has 0 N–H and O–H groups in total. The van der Waals surface area contributed by atoms with E-state index in [1.54, 1.807) is 7.05 Å². The Hall–Kier alpha value is -2.08. The summed E-state index contributed by atoms with van der Waals surface area (Å²) in [6, 6.07) is 5.67. The highest BCUT2D eigenvalue weighted by Crippen LogP contribution is 2.48. The molecule has 1 spiro atoms. The third-order valence-corrected chi connectivity index (χ3v) is 6.67. The van der Waals surface area contributed by atoms with E-state index in [0.717, 1.165) is 45.3 Å². The van der Waals surface area contributed by atoms with Crippen LogP contribution >= 0.6 is 0 Å². The molecule has 1 aromatic carbocycles. The minimum absolute atomic E-state index is 0.00487. The molecule has 2 aliphatic rings. The normalized spacial score (nSPS) is 21.9. The lowest BCUT2D eigenvalue weighted by atomic mass is 9.68. The first-order chi connectivity index (χ1) is 13.9. The van der Waals surface area contributed by atoms with Crippen LogP contribution in [0.3, 0.4) is 0 Å². The number of carbonyl (C=O) groups is 3. The number of likely N-dealkylation sites (tertiary alicyclic amines) is 2. The van der Waals surface area contributed by atoms with Crippen LogP contribution in [0.25, 0.3) is 0 Å². The highest BCUT2D eigenvalue weighted by Gasteiger charge is 2.57. The van der Waals surface area contributed by atoms with E-state index in [9.17, 15) is 18.8 Å². The monoisotopic (exact) mass is 402 g/mol. The lowest BCUT2D eigenvalue weighted by Crippen LogP contribution is -2.47. The molecule has 3 rings (SSSR count). The van der Waals surface area contributed by atoms with Gasteiger partial charge in [0, 0.05) is 19.0 Å². The zero-order valence-electron chi connectivity index (χ0n) is 17.5. The van der Waals surface area contributed by atoms with E-state index in [0.29, 0.717) is 24.8 Å². The van der Waals surface area contributed by atoms with Crippen molar-refractivity contribution < 1.29 is 18.8 Å². The Morgan fingerprint density at radius 2 is 1.79 bits per heavy atom. The Kier molecular flexibility index (Phi) is 6.83. The van der Waals surface area contributed by atoms with E-state index in [4.69, 9.17) is 0 Å². The molecule has 0 bridgehead atoms. The number of piperidine rings is 1. The number of nitrogens with zero attached hydrogens (tertiary/aromatic N) is 2. The fourth-order valence-electron chi connectivity index (χ4n) is 4.84. The van der Waals surface area contributed by atoms with Gasteiger partial charge in [0.1, 0.15) is 5.82 Å². The van der Waals surface area contributed by atoms with Crippen LogP contribution in [0.1, 0.15) is 62.2 Å². The summed E-state index contributed by atoms with van der Waals surface area (Å²) in [4.78, 5) is 41.3. The highest BCUT2D eigenvalue weighted by atomic mass is 19.1. The van der Waals surface area contributed by atoms with Crippen molar-refractivity contribution in [3.8, 4) is 0 Å². The van der Waals surface area contributed by atoms with Gasteiger partial charge >= 0.3 is 0 Å². The molecular formula is C23H31FN2O3. The molecule has 0 radical (unpaired) electrons. The third-order valence-electron chi connectivity index (χ3n) is 6.67. The number of benzene rings is 1. The predicted molar refractivity (Wildman–Crippen MR) is 109 cm³/mol. The summed E-state index contributed by atoms with van der Waals surface area (Å²) in [6.07, 6.45) is 5.35. The van der Waals surface area contributed by atoms with E-state index in [2.05, 4.69) is 11.8 Å². The number of halogens is 1. The summed E-state index contributed by atoms with van der Waals surface area (Å²) >= 11 is 0. The van der Waals surface area contributed by atoms with Crippen LogP contribution in [-0.2, 0) is 9.59 Å². The predicted octanol–water partition coefficient (Wildman–Crippen LogP) is 3.68. The number of ketones is 1. The Balaban J connectivity index is 1.51. The molecule has 2 heterocycles. The van der Waals surface area contributed by atoms with Gasteiger partial charge in [-0.1, -0.05) is 19.8 Å². The van der Waals surface area contributed by atoms with Crippen LogP contribution in [0.2, 0.25) is 0 Å². The Morgan fingerprint density at radius 1 is 1.14 bits per heavy atom.